The predicted octanol–water partition coefficient (Wildman–Crippen LogP) is -1.17. The van der Waals surface area contributed by atoms with Crippen LogP contribution >= 0.6 is 0 Å². The van der Waals surface area contributed by atoms with E-state index >= 15 is 0 Å². The zero-order chi connectivity index (χ0) is 9.45. The van der Waals surface area contributed by atoms with Crippen LogP contribution in [0.25, 0.3) is 0 Å². The molecule has 3 nitrogen and oxygen atoms in total. The Kier molecular flexibility index (Phi) is 10.7. The van der Waals surface area contributed by atoms with Crippen molar-refractivity contribution >= 4 is 10.1 Å². The molecule has 0 aromatic carbocycles. The third-order valence-electron chi connectivity index (χ3n) is 1.33. The molecule has 0 aliphatic carbocycles. The van der Waals surface area contributed by atoms with Crippen molar-refractivity contribution in [2.24, 2.45) is 0 Å². The minimum Gasteiger partial charge on any atom is -1.00 e. The molecular formula is C8H17LiO3S. The Balaban J connectivity index is -0.000000605. The summed E-state index contributed by atoms with van der Waals surface area (Å²) in [5.74, 6) is -0.0981. The molecule has 0 unspecified atom stereocenters. The zero-order valence-electron chi connectivity index (χ0n) is 9.45. The van der Waals surface area contributed by atoms with Gasteiger partial charge in [0.15, 0.2) is 0 Å². The average molecular weight is 200 g/mol. The van der Waals surface area contributed by atoms with Gasteiger partial charge in [0.1, 0.15) is 0 Å². The smallest absolute Gasteiger partial charge is 1.00 e. The molecule has 13 heavy (non-hydrogen) atoms. The van der Waals surface area contributed by atoms with E-state index in [1.54, 1.807) is 0 Å². The topological polar surface area (TPSA) is 43.4 Å². The molecule has 0 aromatic rings. The maximum absolute atomic E-state index is 10.9. The quantitative estimate of drug-likeness (QED) is 0.225. The molecule has 0 saturated heterocycles. The van der Waals surface area contributed by atoms with Gasteiger partial charge in [-0.3, -0.25) is 4.18 Å². The fraction of sp³-hybridized carbons (Fsp3) is 0.750. The third kappa shape index (κ3) is 10.2. The van der Waals surface area contributed by atoms with Crippen LogP contribution in [0.3, 0.4) is 0 Å². The molecule has 0 atom stereocenters. The van der Waals surface area contributed by atoms with Gasteiger partial charge in [-0.1, -0.05) is 25.8 Å². The van der Waals surface area contributed by atoms with Crippen molar-refractivity contribution in [2.75, 3.05) is 12.4 Å². The Labute approximate surface area is 94.3 Å². The van der Waals surface area contributed by atoms with Gasteiger partial charge in [0.05, 0.1) is 12.4 Å². The summed E-state index contributed by atoms with van der Waals surface area (Å²) < 4.78 is 26.5. The van der Waals surface area contributed by atoms with Crippen molar-refractivity contribution < 1.29 is 32.9 Å². The van der Waals surface area contributed by atoms with Gasteiger partial charge in [-0.05, 0) is 6.42 Å². The van der Waals surface area contributed by atoms with E-state index in [2.05, 4.69) is 17.7 Å². The fourth-order valence-electron chi connectivity index (χ4n) is 0.730. The van der Waals surface area contributed by atoms with Crippen molar-refractivity contribution in [2.45, 2.75) is 26.2 Å². The van der Waals surface area contributed by atoms with E-state index in [1.807, 2.05) is 0 Å². The molecule has 0 saturated carbocycles. The van der Waals surface area contributed by atoms with Crippen LogP contribution in [-0.2, 0) is 14.3 Å². The van der Waals surface area contributed by atoms with Crippen LogP contribution in [-0.4, -0.2) is 20.8 Å². The molecule has 5 heteroatoms. The van der Waals surface area contributed by atoms with Crippen LogP contribution in [0, 0.1) is 0 Å². The molecule has 0 spiro atoms. The van der Waals surface area contributed by atoms with E-state index in [-0.39, 0.29) is 26.0 Å². The molecule has 0 amide bonds. The summed E-state index contributed by atoms with van der Waals surface area (Å²) in [4.78, 5) is 0. The molecule has 0 aliphatic heterocycles. The fourth-order valence-corrected chi connectivity index (χ4v) is 1.49. The Morgan fingerprint density at radius 2 is 2.08 bits per heavy atom. The predicted molar refractivity (Wildman–Crippen MR) is 50.6 cm³/mol. The average Bonchev–Trinajstić information content (AvgIpc) is 1.98. The van der Waals surface area contributed by atoms with E-state index in [0.29, 0.717) is 6.61 Å². The van der Waals surface area contributed by atoms with E-state index in [9.17, 15) is 8.42 Å². The molecule has 0 aromatic heterocycles. The molecular weight excluding hydrogens is 183 g/mol. The second-order valence-electron chi connectivity index (χ2n) is 2.54. The van der Waals surface area contributed by atoms with Gasteiger partial charge in [0, 0.05) is 0 Å². The van der Waals surface area contributed by atoms with Gasteiger partial charge < -0.3 is 1.43 Å². The van der Waals surface area contributed by atoms with Gasteiger partial charge in [-0.15, -0.1) is 6.58 Å². The van der Waals surface area contributed by atoms with E-state index in [1.165, 1.54) is 6.08 Å². The van der Waals surface area contributed by atoms with Crippen molar-refractivity contribution in [3.63, 3.8) is 0 Å². The van der Waals surface area contributed by atoms with Crippen LogP contribution in [0.2, 0.25) is 0 Å². The van der Waals surface area contributed by atoms with Gasteiger partial charge in [0.25, 0.3) is 10.1 Å². The minimum atomic E-state index is -3.33. The van der Waals surface area contributed by atoms with Crippen molar-refractivity contribution in [1.29, 1.82) is 0 Å². The zero-order valence-corrected chi connectivity index (χ0v) is 9.27. The molecule has 0 radical (unpaired) electrons. The normalized spacial score (nSPS) is 10.5. The number of hydrogen-bond donors (Lipinski definition) is 0. The first-order chi connectivity index (χ1) is 5.62. The second kappa shape index (κ2) is 8.83. The summed E-state index contributed by atoms with van der Waals surface area (Å²) in [6.45, 7) is 5.68. The van der Waals surface area contributed by atoms with Gasteiger partial charge in [0.2, 0.25) is 0 Å². The van der Waals surface area contributed by atoms with Crippen LogP contribution in [0.1, 0.15) is 27.6 Å². The Bertz CT molecular complexity index is 217. The van der Waals surface area contributed by atoms with Crippen LogP contribution in [0.15, 0.2) is 12.7 Å². The Morgan fingerprint density at radius 1 is 1.46 bits per heavy atom. The maximum atomic E-state index is 10.9. The molecule has 74 valence electrons. The molecule has 0 heterocycles. The summed E-state index contributed by atoms with van der Waals surface area (Å²) in [6, 6.07) is 0. The van der Waals surface area contributed by atoms with Crippen LogP contribution in [0.5, 0.6) is 0 Å². The van der Waals surface area contributed by atoms with Crippen LogP contribution < -0.4 is 18.9 Å². The van der Waals surface area contributed by atoms with E-state index < -0.39 is 10.1 Å². The molecule has 0 fully saturated rings. The summed E-state index contributed by atoms with van der Waals surface area (Å²) in [5.41, 5.74) is 0. The largest absolute Gasteiger partial charge is 1.00 e. The third-order valence-corrected chi connectivity index (χ3v) is 2.50. The summed E-state index contributed by atoms with van der Waals surface area (Å²) in [5, 5.41) is 0. The molecule has 0 aliphatic rings. The standard InChI is InChI=1S/C8H16O3S.Li.H/c1-3-5-6-7-11-12(9,10)8-4-2;;/h4H,2-3,5-8H2,1H3;;/q;+1;-1. The Hall–Kier alpha value is 0.247. The minimum absolute atomic E-state index is 0. The number of rotatable bonds is 7. The Morgan fingerprint density at radius 3 is 2.54 bits per heavy atom. The first-order valence-electron chi connectivity index (χ1n) is 4.10. The van der Waals surface area contributed by atoms with E-state index in [0.717, 1.165) is 19.3 Å². The van der Waals surface area contributed by atoms with Crippen molar-refractivity contribution in [3.8, 4) is 0 Å². The van der Waals surface area contributed by atoms with Gasteiger partial charge in [-0.25, -0.2) is 0 Å². The maximum Gasteiger partial charge on any atom is 1.00 e. The monoisotopic (exact) mass is 200 g/mol. The summed E-state index contributed by atoms with van der Waals surface area (Å²) in [6.07, 6.45) is 4.19. The molecule has 0 rings (SSSR count). The van der Waals surface area contributed by atoms with Crippen LogP contribution in [0.4, 0.5) is 0 Å². The van der Waals surface area contributed by atoms with Gasteiger partial charge in [-0.2, -0.15) is 8.42 Å². The molecule has 0 N–H and O–H groups in total. The first-order valence-corrected chi connectivity index (χ1v) is 5.68. The SMILES string of the molecule is C=CCS(=O)(=O)OCCCCC.[H-].[Li+]. The van der Waals surface area contributed by atoms with E-state index in [4.69, 9.17) is 0 Å². The number of hydrogen-bond acceptors (Lipinski definition) is 3. The van der Waals surface area contributed by atoms with Crippen molar-refractivity contribution in [1.82, 2.24) is 0 Å². The number of unbranched alkanes of at least 4 members (excludes halogenated alkanes) is 2. The summed E-state index contributed by atoms with van der Waals surface area (Å²) >= 11 is 0. The van der Waals surface area contributed by atoms with Gasteiger partial charge >= 0.3 is 18.9 Å². The van der Waals surface area contributed by atoms with Crippen molar-refractivity contribution in [3.05, 3.63) is 12.7 Å². The molecule has 0 bridgehead atoms. The second-order valence-corrected chi connectivity index (χ2v) is 4.23. The first kappa shape index (κ1) is 15.7. The summed E-state index contributed by atoms with van der Waals surface area (Å²) in [7, 11) is -3.33.